The van der Waals surface area contributed by atoms with Gasteiger partial charge in [-0.1, -0.05) is 0 Å². The fraction of sp³-hybridized carbons (Fsp3) is 0.929. The smallest absolute Gasteiger partial charge is 0.320 e. The molecule has 0 saturated carbocycles. The lowest BCUT2D eigenvalue weighted by Crippen LogP contribution is -2.48. The first-order valence-electron chi connectivity index (χ1n) is 7.22. The number of nitrogens with zero attached hydrogens (tertiary/aromatic N) is 1. The molecule has 2 atom stereocenters. The van der Waals surface area contributed by atoms with Gasteiger partial charge in [-0.2, -0.15) is 0 Å². The Morgan fingerprint density at radius 2 is 2.16 bits per heavy atom. The lowest BCUT2D eigenvalue weighted by atomic mass is 10.1. The number of rotatable bonds is 4. The summed E-state index contributed by atoms with van der Waals surface area (Å²) >= 11 is 0. The van der Waals surface area contributed by atoms with E-state index in [4.69, 9.17) is 9.47 Å². The van der Waals surface area contributed by atoms with Gasteiger partial charge in [0, 0.05) is 25.2 Å². The summed E-state index contributed by atoms with van der Waals surface area (Å²) in [7, 11) is 0. The molecule has 5 nitrogen and oxygen atoms in total. The number of ether oxygens (including phenoxy) is 2. The van der Waals surface area contributed by atoms with Crippen LogP contribution in [-0.2, 0) is 14.3 Å². The standard InChI is InChI=1S/C14H26N2O3/c1-14(2,3)19-13(17)9-16(11-4-6-15-8-11)12-5-7-18-10-12/h11-12,15H,4-10H2,1-3H3/t11?,12-/m0/s1. The van der Waals surface area contributed by atoms with Crippen LogP contribution in [0.4, 0.5) is 0 Å². The fourth-order valence-electron chi connectivity index (χ4n) is 2.79. The molecule has 2 fully saturated rings. The van der Waals surface area contributed by atoms with E-state index in [2.05, 4.69) is 10.2 Å². The Hall–Kier alpha value is -0.650. The number of carbonyl (C=O) groups is 1. The third kappa shape index (κ3) is 4.44. The van der Waals surface area contributed by atoms with Crippen molar-refractivity contribution in [3.8, 4) is 0 Å². The highest BCUT2D eigenvalue weighted by Gasteiger charge is 2.33. The second kappa shape index (κ2) is 6.20. The van der Waals surface area contributed by atoms with Gasteiger partial charge >= 0.3 is 5.97 Å². The van der Waals surface area contributed by atoms with Gasteiger partial charge in [0.25, 0.3) is 0 Å². The van der Waals surface area contributed by atoms with Gasteiger partial charge in [-0.05, 0) is 40.2 Å². The summed E-state index contributed by atoms with van der Waals surface area (Å²) in [6, 6.07) is 0.789. The highest BCUT2D eigenvalue weighted by Crippen LogP contribution is 2.19. The molecule has 1 N–H and O–H groups in total. The van der Waals surface area contributed by atoms with Gasteiger partial charge in [-0.15, -0.1) is 0 Å². The van der Waals surface area contributed by atoms with Crippen molar-refractivity contribution in [3.63, 3.8) is 0 Å². The van der Waals surface area contributed by atoms with Crippen molar-refractivity contribution in [1.29, 1.82) is 0 Å². The zero-order valence-electron chi connectivity index (χ0n) is 12.3. The molecule has 0 aromatic rings. The molecule has 2 rings (SSSR count). The van der Waals surface area contributed by atoms with E-state index in [1.807, 2.05) is 20.8 Å². The van der Waals surface area contributed by atoms with Gasteiger partial charge in [0.15, 0.2) is 0 Å². The minimum absolute atomic E-state index is 0.133. The molecular weight excluding hydrogens is 244 g/mol. The van der Waals surface area contributed by atoms with Crippen molar-refractivity contribution < 1.29 is 14.3 Å². The zero-order chi connectivity index (χ0) is 13.9. The lowest BCUT2D eigenvalue weighted by molar-refractivity contribution is -0.157. The van der Waals surface area contributed by atoms with Crippen LogP contribution in [0.25, 0.3) is 0 Å². The monoisotopic (exact) mass is 270 g/mol. The van der Waals surface area contributed by atoms with Crippen molar-refractivity contribution in [2.24, 2.45) is 0 Å². The van der Waals surface area contributed by atoms with Crippen LogP contribution in [-0.4, -0.2) is 61.4 Å². The number of hydrogen-bond acceptors (Lipinski definition) is 5. The molecule has 0 aliphatic carbocycles. The Labute approximate surface area is 115 Å². The van der Waals surface area contributed by atoms with Crippen molar-refractivity contribution in [1.82, 2.24) is 10.2 Å². The zero-order valence-corrected chi connectivity index (χ0v) is 12.3. The van der Waals surface area contributed by atoms with Crippen LogP contribution in [0.15, 0.2) is 0 Å². The second-order valence-corrected chi connectivity index (χ2v) is 6.42. The van der Waals surface area contributed by atoms with E-state index in [9.17, 15) is 4.79 Å². The van der Waals surface area contributed by atoms with Crippen LogP contribution in [0.2, 0.25) is 0 Å². The van der Waals surface area contributed by atoms with Crippen LogP contribution in [0.5, 0.6) is 0 Å². The van der Waals surface area contributed by atoms with E-state index >= 15 is 0 Å². The van der Waals surface area contributed by atoms with Crippen LogP contribution < -0.4 is 5.32 Å². The summed E-state index contributed by atoms with van der Waals surface area (Å²) in [5.74, 6) is -0.133. The molecule has 0 radical (unpaired) electrons. The molecule has 0 spiro atoms. The van der Waals surface area contributed by atoms with Crippen LogP contribution >= 0.6 is 0 Å². The SMILES string of the molecule is CC(C)(C)OC(=O)CN(C1CCNC1)[C@H]1CCOC1. The maximum Gasteiger partial charge on any atom is 0.320 e. The van der Waals surface area contributed by atoms with Gasteiger partial charge in [-0.3, -0.25) is 9.69 Å². The number of esters is 1. The van der Waals surface area contributed by atoms with Gasteiger partial charge in [0.05, 0.1) is 13.2 Å². The van der Waals surface area contributed by atoms with E-state index < -0.39 is 5.60 Å². The summed E-state index contributed by atoms with van der Waals surface area (Å²) in [5.41, 5.74) is -0.414. The molecule has 0 aromatic heterocycles. The molecule has 2 aliphatic rings. The highest BCUT2D eigenvalue weighted by atomic mass is 16.6. The van der Waals surface area contributed by atoms with E-state index in [1.165, 1.54) is 0 Å². The first kappa shape index (κ1) is 14.8. The average molecular weight is 270 g/mol. The Morgan fingerprint density at radius 3 is 2.68 bits per heavy atom. The molecule has 1 unspecified atom stereocenters. The molecule has 2 saturated heterocycles. The molecule has 2 aliphatic heterocycles. The summed E-state index contributed by atoms with van der Waals surface area (Å²) in [4.78, 5) is 14.3. The molecule has 5 heteroatoms. The van der Waals surface area contributed by atoms with Gasteiger partial charge < -0.3 is 14.8 Å². The van der Waals surface area contributed by atoms with E-state index in [-0.39, 0.29) is 5.97 Å². The minimum Gasteiger partial charge on any atom is -0.459 e. The number of carbonyl (C=O) groups excluding carboxylic acids is 1. The van der Waals surface area contributed by atoms with Crippen molar-refractivity contribution in [2.75, 3.05) is 32.8 Å². The first-order valence-corrected chi connectivity index (χ1v) is 7.22. The normalized spacial score (nSPS) is 28.0. The van der Waals surface area contributed by atoms with E-state index in [0.29, 0.717) is 18.6 Å². The molecule has 0 aromatic carbocycles. The third-order valence-electron chi connectivity index (χ3n) is 3.61. The summed E-state index contributed by atoms with van der Waals surface area (Å²) < 4.78 is 10.9. The van der Waals surface area contributed by atoms with Gasteiger partial charge in [0.1, 0.15) is 5.60 Å². The second-order valence-electron chi connectivity index (χ2n) is 6.42. The molecule has 110 valence electrons. The Bertz CT molecular complexity index is 286. The van der Waals surface area contributed by atoms with E-state index in [1.54, 1.807) is 0 Å². The summed E-state index contributed by atoms with van der Waals surface area (Å²) in [5, 5.41) is 3.36. The maximum absolute atomic E-state index is 12.1. The topological polar surface area (TPSA) is 50.8 Å². The minimum atomic E-state index is -0.414. The van der Waals surface area contributed by atoms with Crippen molar-refractivity contribution in [2.45, 2.75) is 51.3 Å². The van der Waals surface area contributed by atoms with Gasteiger partial charge in [0.2, 0.25) is 0 Å². The molecule has 2 heterocycles. The van der Waals surface area contributed by atoms with Crippen LogP contribution in [0.3, 0.4) is 0 Å². The lowest BCUT2D eigenvalue weighted by Gasteiger charge is -2.33. The Morgan fingerprint density at radius 1 is 1.37 bits per heavy atom. The van der Waals surface area contributed by atoms with Crippen LogP contribution in [0.1, 0.15) is 33.6 Å². The quantitative estimate of drug-likeness (QED) is 0.765. The molecule has 19 heavy (non-hydrogen) atoms. The number of hydrogen-bond donors (Lipinski definition) is 1. The number of nitrogens with one attached hydrogen (secondary N) is 1. The summed E-state index contributed by atoms with van der Waals surface area (Å²) in [6.07, 6.45) is 2.11. The van der Waals surface area contributed by atoms with Gasteiger partial charge in [-0.25, -0.2) is 0 Å². The summed E-state index contributed by atoms with van der Waals surface area (Å²) in [6.45, 7) is 9.62. The molecule has 0 amide bonds. The first-order chi connectivity index (χ1) is 8.96. The van der Waals surface area contributed by atoms with Crippen molar-refractivity contribution in [3.05, 3.63) is 0 Å². The predicted molar refractivity (Wildman–Crippen MR) is 73.0 cm³/mol. The van der Waals surface area contributed by atoms with Crippen molar-refractivity contribution >= 4 is 5.97 Å². The molecule has 0 bridgehead atoms. The Balaban J connectivity index is 1.94. The van der Waals surface area contributed by atoms with Crippen LogP contribution in [0, 0.1) is 0 Å². The largest absolute Gasteiger partial charge is 0.459 e. The maximum atomic E-state index is 12.1. The Kier molecular flexibility index (Phi) is 4.81. The average Bonchev–Trinajstić information content (AvgIpc) is 2.97. The van der Waals surface area contributed by atoms with E-state index in [0.717, 1.165) is 39.1 Å². The fourth-order valence-corrected chi connectivity index (χ4v) is 2.79. The third-order valence-corrected chi connectivity index (χ3v) is 3.61. The highest BCUT2D eigenvalue weighted by molar-refractivity contribution is 5.72. The molecular formula is C14H26N2O3. The predicted octanol–water partition coefficient (Wildman–Crippen LogP) is 0.781.